The van der Waals surface area contributed by atoms with E-state index < -0.39 is 0 Å². The van der Waals surface area contributed by atoms with E-state index in [2.05, 4.69) is 53.7 Å². The van der Waals surface area contributed by atoms with E-state index in [-0.39, 0.29) is 0 Å². The van der Waals surface area contributed by atoms with Gasteiger partial charge in [-0.05, 0) is 47.3 Å². The van der Waals surface area contributed by atoms with Gasteiger partial charge in [0.25, 0.3) is 0 Å². The summed E-state index contributed by atoms with van der Waals surface area (Å²) in [6.07, 6.45) is 9.07. The highest BCUT2D eigenvalue weighted by Gasteiger charge is 2.59. The number of allylic oxidation sites excluding steroid dienone is 2. The van der Waals surface area contributed by atoms with Crippen LogP contribution in [0, 0.1) is 28.1 Å². The maximum Gasteiger partial charge on any atom is -0.0163 e. The first kappa shape index (κ1) is 12.2. The van der Waals surface area contributed by atoms with Gasteiger partial charge in [0.1, 0.15) is 0 Å². The molecule has 2 aliphatic carbocycles. The Labute approximate surface area is 102 Å². The SMILES string of the molecule is CC(C)(C)C1(C(C)(C)C)CCC2C=CCC21. The molecule has 0 aromatic carbocycles. The molecule has 2 aliphatic rings. The van der Waals surface area contributed by atoms with E-state index in [0.717, 1.165) is 11.8 Å². The van der Waals surface area contributed by atoms with Gasteiger partial charge in [0.05, 0.1) is 0 Å². The summed E-state index contributed by atoms with van der Waals surface area (Å²) in [6, 6.07) is 0. The van der Waals surface area contributed by atoms with Gasteiger partial charge in [0, 0.05) is 0 Å². The highest BCUT2D eigenvalue weighted by Crippen LogP contribution is 2.67. The zero-order chi connectivity index (χ0) is 12.2. The van der Waals surface area contributed by atoms with Crippen molar-refractivity contribution in [3.63, 3.8) is 0 Å². The summed E-state index contributed by atoms with van der Waals surface area (Å²) in [5.74, 6) is 1.77. The average molecular weight is 220 g/mol. The predicted molar refractivity (Wildman–Crippen MR) is 71.3 cm³/mol. The molecule has 0 nitrogen and oxygen atoms in total. The Hall–Kier alpha value is -0.260. The third-order valence-electron chi connectivity index (χ3n) is 5.47. The molecule has 0 spiro atoms. The largest absolute Gasteiger partial charge is 0.0879 e. The Bertz CT molecular complexity index is 281. The predicted octanol–water partition coefficient (Wildman–Crippen LogP) is 5.05. The minimum atomic E-state index is 0.413. The summed E-state index contributed by atoms with van der Waals surface area (Å²) in [6.45, 7) is 14.7. The molecule has 16 heavy (non-hydrogen) atoms. The molecule has 0 radical (unpaired) electrons. The Morgan fingerprint density at radius 3 is 2.06 bits per heavy atom. The van der Waals surface area contributed by atoms with E-state index in [9.17, 15) is 0 Å². The smallest absolute Gasteiger partial charge is 0.0163 e. The van der Waals surface area contributed by atoms with Gasteiger partial charge in [-0.2, -0.15) is 0 Å². The van der Waals surface area contributed by atoms with Crippen LogP contribution in [0.15, 0.2) is 12.2 Å². The number of hydrogen-bond donors (Lipinski definition) is 0. The molecule has 2 rings (SSSR count). The molecule has 0 aromatic rings. The van der Waals surface area contributed by atoms with Crippen LogP contribution >= 0.6 is 0 Å². The lowest BCUT2D eigenvalue weighted by Crippen LogP contribution is -2.49. The first-order valence-electron chi connectivity index (χ1n) is 6.87. The van der Waals surface area contributed by atoms with Gasteiger partial charge in [-0.25, -0.2) is 0 Å². The van der Waals surface area contributed by atoms with Crippen LogP contribution in [0.2, 0.25) is 0 Å². The standard InChI is InChI=1S/C16H28/c1-14(2,3)16(15(4,5)6)11-10-12-8-7-9-13(12)16/h7-8,12-13H,9-11H2,1-6H3. The fraction of sp³-hybridized carbons (Fsp3) is 0.875. The second-order valence-corrected chi connectivity index (χ2v) is 7.94. The topological polar surface area (TPSA) is 0 Å². The van der Waals surface area contributed by atoms with Crippen molar-refractivity contribution in [3.8, 4) is 0 Å². The van der Waals surface area contributed by atoms with E-state index in [1.807, 2.05) is 0 Å². The Morgan fingerprint density at radius 1 is 1.00 bits per heavy atom. The van der Waals surface area contributed by atoms with Gasteiger partial charge in [-0.15, -0.1) is 0 Å². The van der Waals surface area contributed by atoms with Gasteiger partial charge < -0.3 is 0 Å². The average Bonchev–Trinajstić information content (AvgIpc) is 2.54. The second-order valence-electron chi connectivity index (χ2n) is 7.94. The molecule has 0 aliphatic heterocycles. The molecule has 0 heterocycles. The van der Waals surface area contributed by atoms with Gasteiger partial charge in [-0.3, -0.25) is 0 Å². The normalized spacial score (nSPS) is 33.1. The molecule has 92 valence electrons. The van der Waals surface area contributed by atoms with E-state index >= 15 is 0 Å². The number of rotatable bonds is 0. The summed E-state index contributed by atoms with van der Waals surface area (Å²) in [5.41, 5.74) is 1.33. The lowest BCUT2D eigenvalue weighted by Gasteiger charge is -2.55. The van der Waals surface area contributed by atoms with E-state index in [0.29, 0.717) is 16.2 Å². The van der Waals surface area contributed by atoms with Gasteiger partial charge in [-0.1, -0.05) is 53.7 Å². The van der Waals surface area contributed by atoms with Crippen LogP contribution in [0.3, 0.4) is 0 Å². The minimum Gasteiger partial charge on any atom is -0.0879 e. The Morgan fingerprint density at radius 2 is 1.56 bits per heavy atom. The third kappa shape index (κ3) is 1.41. The zero-order valence-electron chi connectivity index (χ0n) is 11.9. The molecule has 1 fully saturated rings. The lowest BCUT2D eigenvalue weighted by molar-refractivity contribution is -0.0689. The van der Waals surface area contributed by atoms with Crippen LogP contribution in [-0.2, 0) is 0 Å². The summed E-state index contributed by atoms with van der Waals surface area (Å²) in [4.78, 5) is 0. The van der Waals surface area contributed by atoms with E-state index in [1.54, 1.807) is 0 Å². The molecular weight excluding hydrogens is 192 g/mol. The molecule has 2 atom stereocenters. The monoisotopic (exact) mass is 220 g/mol. The number of fused-ring (bicyclic) bond motifs is 1. The van der Waals surface area contributed by atoms with Crippen molar-refractivity contribution >= 4 is 0 Å². The first-order valence-corrected chi connectivity index (χ1v) is 6.87. The Kier molecular flexibility index (Phi) is 2.57. The molecule has 0 bridgehead atoms. The fourth-order valence-corrected chi connectivity index (χ4v) is 5.14. The van der Waals surface area contributed by atoms with E-state index in [4.69, 9.17) is 0 Å². The van der Waals surface area contributed by atoms with Crippen molar-refractivity contribution in [3.05, 3.63) is 12.2 Å². The van der Waals surface area contributed by atoms with Crippen LogP contribution in [0.1, 0.15) is 60.8 Å². The van der Waals surface area contributed by atoms with Crippen molar-refractivity contribution in [1.82, 2.24) is 0 Å². The molecule has 0 N–H and O–H groups in total. The highest BCUT2D eigenvalue weighted by molar-refractivity contribution is 5.16. The van der Waals surface area contributed by atoms with Crippen LogP contribution < -0.4 is 0 Å². The van der Waals surface area contributed by atoms with Crippen molar-refractivity contribution in [2.24, 2.45) is 28.1 Å². The molecular formula is C16H28. The van der Waals surface area contributed by atoms with Crippen molar-refractivity contribution in [2.75, 3.05) is 0 Å². The van der Waals surface area contributed by atoms with Gasteiger partial charge in [0.2, 0.25) is 0 Å². The molecule has 0 heteroatoms. The summed E-state index contributed by atoms with van der Waals surface area (Å²) in [7, 11) is 0. The fourth-order valence-electron chi connectivity index (χ4n) is 5.14. The maximum absolute atomic E-state index is 2.49. The molecule has 1 saturated carbocycles. The Balaban J connectivity index is 2.45. The number of hydrogen-bond acceptors (Lipinski definition) is 0. The lowest BCUT2D eigenvalue weighted by atomic mass is 9.49. The van der Waals surface area contributed by atoms with Crippen molar-refractivity contribution in [1.29, 1.82) is 0 Å². The highest BCUT2D eigenvalue weighted by atomic mass is 14.6. The van der Waals surface area contributed by atoms with E-state index in [1.165, 1.54) is 19.3 Å². The molecule has 0 saturated heterocycles. The first-order chi connectivity index (χ1) is 7.20. The van der Waals surface area contributed by atoms with Crippen LogP contribution in [-0.4, -0.2) is 0 Å². The van der Waals surface area contributed by atoms with Crippen LogP contribution in [0.25, 0.3) is 0 Å². The maximum atomic E-state index is 2.49. The van der Waals surface area contributed by atoms with Crippen molar-refractivity contribution in [2.45, 2.75) is 60.8 Å². The minimum absolute atomic E-state index is 0.413. The summed E-state index contributed by atoms with van der Waals surface area (Å²) < 4.78 is 0. The van der Waals surface area contributed by atoms with Gasteiger partial charge in [0.15, 0.2) is 0 Å². The summed E-state index contributed by atoms with van der Waals surface area (Å²) in [5, 5.41) is 0. The van der Waals surface area contributed by atoms with Crippen molar-refractivity contribution < 1.29 is 0 Å². The zero-order valence-corrected chi connectivity index (χ0v) is 11.9. The molecule has 2 unspecified atom stereocenters. The molecule has 0 aromatic heterocycles. The quantitative estimate of drug-likeness (QED) is 0.501. The summed E-state index contributed by atoms with van der Waals surface area (Å²) >= 11 is 0. The third-order valence-corrected chi connectivity index (χ3v) is 5.47. The second kappa shape index (κ2) is 3.37. The van der Waals surface area contributed by atoms with Gasteiger partial charge >= 0.3 is 0 Å². The van der Waals surface area contributed by atoms with Crippen LogP contribution in [0.5, 0.6) is 0 Å². The molecule has 0 amide bonds. The van der Waals surface area contributed by atoms with Crippen LogP contribution in [0.4, 0.5) is 0 Å².